The van der Waals surface area contributed by atoms with E-state index in [0.29, 0.717) is 0 Å². The lowest BCUT2D eigenvalue weighted by Crippen LogP contribution is -2.29. The summed E-state index contributed by atoms with van der Waals surface area (Å²) in [5.74, 6) is -2.21. The van der Waals surface area contributed by atoms with Crippen LogP contribution in [0.25, 0.3) is 11.4 Å². The molecule has 2 amide bonds. The van der Waals surface area contributed by atoms with E-state index in [4.69, 9.17) is 10.5 Å². The number of carbonyl (C=O) groups is 2. The number of hydrogen-bond acceptors (Lipinski definition) is 6. The van der Waals surface area contributed by atoms with Gasteiger partial charge in [-0.15, -0.1) is 5.10 Å². The Balaban J connectivity index is 2.24. The van der Waals surface area contributed by atoms with Crippen LogP contribution in [0.3, 0.4) is 0 Å². The Morgan fingerprint density at radius 2 is 2.04 bits per heavy atom. The number of amides is 2. The van der Waals surface area contributed by atoms with Gasteiger partial charge in [0, 0.05) is 7.05 Å². The lowest BCUT2D eigenvalue weighted by molar-refractivity contribution is -0.167. The van der Waals surface area contributed by atoms with Gasteiger partial charge in [0.25, 0.3) is 5.88 Å². The molecule has 0 unspecified atom stereocenters. The molecule has 0 aliphatic heterocycles. The molecule has 0 bridgehead atoms. The van der Waals surface area contributed by atoms with Gasteiger partial charge in [0.05, 0.1) is 17.6 Å². The first-order valence-corrected chi connectivity index (χ1v) is 5.90. The number of anilines is 1. The molecule has 3 N–H and O–H groups in total. The summed E-state index contributed by atoms with van der Waals surface area (Å²) in [6.45, 7) is 0. The number of aromatic nitrogens is 4. The van der Waals surface area contributed by atoms with Gasteiger partial charge in [-0.2, -0.15) is 13.2 Å². The summed E-state index contributed by atoms with van der Waals surface area (Å²) in [4.78, 5) is 25.5. The highest BCUT2D eigenvalue weighted by molar-refractivity contribution is 5.94. The Kier molecular flexibility index (Phi) is 4.16. The Bertz CT molecular complexity index is 740. The van der Waals surface area contributed by atoms with E-state index in [2.05, 4.69) is 15.3 Å². The topological polar surface area (TPSA) is 125 Å². The van der Waals surface area contributed by atoms with Gasteiger partial charge in [-0.1, -0.05) is 5.21 Å². The molecular weight excluding hydrogens is 321 g/mol. The van der Waals surface area contributed by atoms with Gasteiger partial charge >= 0.3 is 18.2 Å². The predicted molar refractivity (Wildman–Crippen MR) is 69.1 cm³/mol. The number of carbonyl (C=O) groups excluding carboxylic acids is 2. The average Bonchev–Trinajstić information content (AvgIpc) is 2.79. The van der Waals surface area contributed by atoms with E-state index in [-0.39, 0.29) is 23.0 Å². The number of hydrogen-bond donors (Lipinski definition) is 2. The second-order valence-electron chi connectivity index (χ2n) is 4.17. The maximum atomic E-state index is 12.1. The van der Waals surface area contributed by atoms with E-state index in [9.17, 15) is 22.8 Å². The highest BCUT2D eigenvalue weighted by Gasteiger charge is 2.38. The first-order valence-electron chi connectivity index (χ1n) is 5.90. The number of alkyl halides is 3. The van der Waals surface area contributed by atoms with Crippen molar-refractivity contribution in [3.8, 4) is 17.3 Å². The van der Waals surface area contributed by atoms with Crippen LogP contribution in [0.2, 0.25) is 0 Å². The minimum Gasteiger partial charge on any atom is -0.389 e. The molecule has 0 radical (unpaired) electrons. The van der Waals surface area contributed by atoms with Crippen molar-refractivity contribution in [2.45, 2.75) is 6.18 Å². The third kappa shape index (κ3) is 3.72. The molecule has 23 heavy (non-hydrogen) atoms. The van der Waals surface area contributed by atoms with Crippen LogP contribution in [-0.4, -0.2) is 38.2 Å². The molecule has 2 rings (SSSR count). The van der Waals surface area contributed by atoms with E-state index in [1.807, 2.05) is 0 Å². The second-order valence-corrected chi connectivity index (χ2v) is 4.17. The normalized spacial score (nSPS) is 11.1. The van der Waals surface area contributed by atoms with Crippen molar-refractivity contribution in [3.63, 3.8) is 0 Å². The van der Waals surface area contributed by atoms with Crippen molar-refractivity contribution < 1.29 is 27.5 Å². The number of ether oxygens (including phenoxy) is 1. The lowest BCUT2D eigenvalue weighted by atomic mass is 10.2. The number of rotatable bonds is 3. The smallest absolute Gasteiger partial charge is 0.389 e. The van der Waals surface area contributed by atoms with E-state index in [1.54, 1.807) is 5.32 Å². The number of halogens is 3. The summed E-state index contributed by atoms with van der Waals surface area (Å²) < 4.78 is 42.3. The molecule has 0 aliphatic carbocycles. The number of aryl methyl sites for hydroxylation is 1. The van der Waals surface area contributed by atoms with Crippen LogP contribution in [0.15, 0.2) is 18.3 Å². The summed E-state index contributed by atoms with van der Waals surface area (Å²) in [6, 6.07) is 2.44. The molecule has 0 saturated carbocycles. The van der Waals surface area contributed by atoms with Crippen LogP contribution in [0.5, 0.6) is 5.88 Å². The summed E-state index contributed by atoms with van der Waals surface area (Å²) in [6.07, 6.45) is -5.11. The van der Waals surface area contributed by atoms with Crippen molar-refractivity contribution in [3.05, 3.63) is 18.3 Å². The van der Waals surface area contributed by atoms with Gasteiger partial charge < -0.3 is 15.8 Å². The fourth-order valence-electron chi connectivity index (χ4n) is 1.53. The van der Waals surface area contributed by atoms with Gasteiger partial charge in [0.1, 0.15) is 0 Å². The zero-order chi connectivity index (χ0) is 17.2. The molecule has 2 aromatic heterocycles. The van der Waals surface area contributed by atoms with Crippen molar-refractivity contribution in [2.75, 3.05) is 5.32 Å². The number of pyridine rings is 1. The Labute approximate surface area is 126 Å². The van der Waals surface area contributed by atoms with Crippen molar-refractivity contribution in [1.82, 2.24) is 20.0 Å². The molecule has 0 saturated heterocycles. The molecule has 0 atom stereocenters. The highest BCUT2D eigenvalue weighted by Crippen LogP contribution is 2.26. The van der Waals surface area contributed by atoms with Crippen LogP contribution in [-0.2, 0) is 11.8 Å². The number of nitrogens with one attached hydrogen (secondary N) is 1. The van der Waals surface area contributed by atoms with Gasteiger partial charge in [0.2, 0.25) is 0 Å². The molecule has 2 aromatic rings. The van der Waals surface area contributed by atoms with Crippen LogP contribution in [0.1, 0.15) is 0 Å². The monoisotopic (exact) mass is 330 g/mol. The van der Waals surface area contributed by atoms with Gasteiger partial charge in [-0.25, -0.2) is 9.48 Å². The van der Waals surface area contributed by atoms with Gasteiger partial charge in [0.15, 0.2) is 5.69 Å². The van der Waals surface area contributed by atoms with Crippen LogP contribution in [0, 0.1) is 0 Å². The van der Waals surface area contributed by atoms with Crippen molar-refractivity contribution in [2.24, 2.45) is 12.8 Å². The number of nitrogens with zero attached hydrogens (tertiary/aromatic N) is 4. The first kappa shape index (κ1) is 16.2. The molecule has 9 nitrogen and oxygen atoms in total. The van der Waals surface area contributed by atoms with E-state index in [1.165, 1.54) is 19.2 Å². The maximum absolute atomic E-state index is 12.1. The first-order chi connectivity index (χ1) is 10.7. The summed E-state index contributed by atoms with van der Waals surface area (Å²) in [7, 11) is 1.44. The molecule has 0 fully saturated rings. The predicted octanol–water partition coefficient (Wildman–Crippen LogP) is 0.835. The maximum Gasteiger partial charge on any atom is 0.471 e. The van der Waals surface area contributed by atoms with E-state index in [0.717, 1.165) is 10.9 Å². The Hall–Kier alpha value is -3.18. The zero-order valence-corrected chi connectivity index (χ0v) is 11.5. The average molecular weight is 330 g/mol. The third-order valence-corrected chi connectivity index (χ3v) is 2.49. The summed E-state index contributed by atoms with van der Waals surface area (Å²) in [5.41, 5.74) is 4.95. The minimum absolute atomic E-state index is 0.0556. The zero-order valence-electron chi connectivity index (χ0n) is 11.5. The minimum atomic E-state index is -5.01. The lowest BCUT2D eigenvalue weighted by Gasteiger charge is -2.08. The summed E-state index contributed by atoms with van der Waals surface area (Å²) in [5, 5.41) is 8.98. The molecule has 2 heterocycles. The molecule has 12 heteroatoms. The standard InChI is InChI=1S/C11H9F3N6O3/c1-20-8(23-10(15)22)7(18-19-20)6-3-2-5(4-16-6)17-9(21)11(12,13)14/h2-4H,1H3,(H2,15,22)(H,17,21). The Morgan fingerprint density at radius 3 is 2.57 bits per heavy atom. The quantitative estimate of drug-likeness (QED) is 0.859. The molecule has 0 spiro atoms. The van der Waals surface area contributed by atoms with E-state index < -0.39 is 18.2 Å². The van der Waals surface area contributed by atoms with Crippen LogP contribution >= 0.6 is 0 Å². The molecular formula is C11H9F3N6O3. The fourth-order valence-corrected chi connectivity index (χ4v) is 1.53. The number of primary amides is 1. The van der Waals surface area contributed by atoms with Crippen molar-refractivity contribution in [1.29, 1.82) is 0 Å². The SMILES string of the molecule is Cn1nnc(-c2ccc(NC(=O)C(F)(F)F)cn2)c1OC(N)=O. The van der Waals surface area contributed by atoms with Crippen LogP contribution < -0.4 is 15.8 Å². The van der Waals surface area contributed by atoms with Crippen LogP contribution in [0.4, 0.5) is 23.7 Å². The fraction of sp³-hybridized carbons (Fsp3) is 0.182. The Morgan fingerprint density at radius 1 is 1.35 bits per heavy atom. The largest absolute Gasteiger partial charge is 0.471 e. The second kappa shape index (κ2) is 5.90. The number of nitrogens with two attached hydrogens (primary N) is 1. The molecule has 0 aromatic carbocycles. The van der Waals surface area contributed by atoms with E-state index >= 15 is 0 Å². The third-order valence-electron chi connectivity index (χ3n) is 2.49. The van der Waals surface area contributed by atoms with Gasteiger partial charge in [-0.3, -0.25) is 9.78 Å². The van der Waals surface area contributed by atoms with Crippen molar-refractivity contribution >= 4 is 17.7 Å². The molecule has 0 aliphatic rings. The van der Waals surface area contributed by atoms with Gasteiger partial charge in [-0.05, 0) is 12.1 Å². The summed E-state index contributed by atoms with van der Waals surface area (Å²) >= 11 is 0. The highest BCUT2D eigenvalue weighted by atomic mass is 19.4. The molecule has 122 valence electrons.